The zero-order valence-electron chi connectivity index (χ0n) is 15.6. The zero-order valence-corrected chi connectivity index (χ0v) is 15.6. The summed E-state index contributed by atoms with van der Waals surface area (Å²) in [6.45, 7) is 3.43. The molecule has 0 saturated carbocycles. The SMILES string of the molecule is Cc1ccc(C(=O)COC(=O)CCN2C(=O)[C@H]3CC=CC[C@H]3C2=O)c(C)c1. The molecule has 2 amide bonds. The van der Waals surface area contributed by atoms with E-state index in [0.717, 1.165) is 16.0 Å². The topological polar surface area (TPSA) is 80.8 Å². The highest BCUT2D eigenvalue weighted by Gasteiger charge is 2.46. The number of ether oxygens (including phenoxy) is 1. The second kappa shape index (κ2) is 7.86. The van der Waals surface area contributed by atoms with Crippen molar-refractivity contribution in [2.45, 2.75) is 33.1 Å². The number of Topliss-reactive ketones (excluding diaryl/α,β-unsaturated/α-hetero) is 1. The summed E-state index contributed by atoms with van der Waals surface area (Å²) in [6, 6.07) is 5.45. The van der Waals surface area contributed by atoms with Crippen molar-refractivity contribution in [2.75, 3.05) is 13.2 Å². The Morgan fingerprint density at radius 2 is 1.70 bits per heavy atom. The Morgan fingerprint density at radius 3 is 2.30 bits per heavy atom. The van der Waals surface area contributed by atoms with Crippen LogP contribution in [0.25, 0.3) is 0 Å². The van der Waals surface area contributed by atoms with Gasteiger partial charge in [0.25, 0.3) is 0 Å². The van der Waals surface area contributed by atoms with Crippen LogP contribution >= 0.6 is 0 Å². The van der Waals surface area contributed by atoms with Crippen LogP contribution in [0.2, 0.25) is 0 Å². The number of fused-ring (bicyclic) bond motifs is 1. The monoisotopic (exact) mass is 369 g/mol. The molecule has 3 rings (SSSR count). The highest BCUT2D eigenvalue weighted by atomic mass is 16.5. The van der Waals surface area contributed by atoms with Crippen LogP contribution < -0.4 is 0 Å². The normalized spacial score (nSPS) is 21.3. The number of carbonyl (C=O) groups is 4. The lowest BCUT2D eigenvalue weighted by Gasteiger charge is -2.14. The third-order valence-electron chi connectivity index (χ3n) is 5.18. The number of esters is 1. The van der Waals surface area contributed by atoms with Crippen molar-refractivity contribution in [3.8, 4) is 0 Å². The first-order valence-electron chi connectivity index (χ1n) is 9.14. The standard InChI is InChI=1S/C21H23NO5/c1-13-7-8-15(14(2)11-13)18(23)12-27-19(24)9-10-22-20(25)16-5-3-4-6-17(16)21(22)26/h3-4,7-8,11,16-17H,5-6,9-10,12H2,1-2H3/t16-,17+. The maximum absolute atomic E-state index is 12.3. The van der Waals surface area contributed by atoms with Crippen molar-refractivity contribution >= 4 is 23.6 Å². The first-order valence-corrected chi connectivity index (χ1v) is 9.14. The summed E-state index contributed by atoms with van der Waals surface area (Å²) < 4.78 is 5.04. The minimum Gasteiger partial charge on any atom is -0.457 e. The summed E-state index contributed by atoms with van der Waals surface area (Å²) in [4.78, 5) is 50.0. The Kier molecular flexibility index (Phi) is 5.54. The largest absolute Gasteiger partial charge is 0.457 e. The Morgan fingerprint density at radius 1 is 1.07 bits per heavy atom. The molecule has 1 aliphatic heterocycles. The molecule has 27 heavy (non-hydrogen) atoms. The van der Waals surface area contributed by atoms with Gasteiger partial charge in [0.05, 0.1) is 18.3 Å². The van der Waals surface area contributed by atoms with E-state index >= 15 is 0 Å². The molecule has 0 bridgehead atoms. The van der Waals surface area contributed by atoms with Crippen LogP contribution in [0.5, 0.6) is 0 Å². The van der Waals surface area contributed by atoms with E-state index in [1.807, 2.05) is 38.1 Å². The van der Waals surface area contributed by atoms with Gasteiger partial charge in [0.1, 0.15) is 0 Å². The lowest BCUT2D eigenvalue weighted by atomic mass is 9.85. The predicted molar refractivity (Wildman–Crippen MR) is 97.9 cm³/mol. The molecule has 0 unspecified atom stereocenters. The smallest absolute Gasteiger partial charge is 0.308 e. The molecule has 0 N–H and O–H groups in total. The van der Waals surface area contributed by atoms with E-state index < -0.39 is 5.97 Å². The molecule has 0 radical (unpaired) electrons. The summed E-state index contributed by atoms with van der Waals surface area (Å²) in [5.74, 6) is -1.90. The molecule has 2 atom stereocenters. The molecule has 1 aromatic carbocycles. The first-order chi connectivity index (χ1) is 12.9. The summed E-state index contributed by atoms with van der Waals surface area (Å²) >= 11 is 0. The Balaban J connectivity index is 1.49. The fourth-order valence-electron chi connectivity index (χ4n) is 3.71. The maximum atomic E-state index is 12.3. The number of benzene rings is 1. The van der Waals surface area contributed by atoms with Gasteiger partial charge in [0.2, 0.25) is 17.6 Å². The number of allylic oxidation sites excluding steroid dienone is 2. The molecular weight excluding hydrogens is 346 g/mol. The number of rotatable bonds is 6. The number of amides is 2. The summed E-state index contributed by atoms with van der Waals surface area (Å²) in [5.41, 5.74) is 2.41. The van der Waals surface area contributed by atoms with Gasteiger partial charge in [0.15, 0.2) is 6.61 Å². The summed E-state index contributed by atoms with van der Waals surface area (Å²) in [6.07, 6.45) is 4.87. The third-order valence-corrected chi connectivity index (χ3v) is 5.18. The number of likely N-dealkylation sites (tertiary alicyclic amines) is 1. The molecule has 1 heterocycles. The molecule has 1 fully saturated rings. The van der Waals surface area contributed by atoms with Crippen LogP contribution in [0.1, 0.15) is 40.7 Å². The number of hydrogen-bond donors (Lipinski definition) is 0. The van der Waals surface area contributed by atoms with Crippen LogP contribution in [-0.4, -0.2) is 41.6 Å². The minimum atomic E-state index is -0.596. The molecule has 6 nitrogen and oxygen atoms in total. The number of carbonyl (C=O) groups excluding carboxylic acids is 4. The van der Waals surface area contributed by atoms with Crippen LogP contribution in [0.4, 0.5) is 0 Å². The van der Waals surface area contributed by atoms with Gasteiger partial charge in [0, 0.05) is 12.1 Å². The van der Waals surface area contributed by atoms with Crippen molar-refractivity contribution in [2.24, 2.45) is 11.8 Å². The van der Waals surface area contributed by atoms with Gasteiger partial charge in [-0.05, 0) is 32.3 Å². The summed E-state index contributed by atoms with van der Waals surface area (Å²) in [5, 5.41) is 0. The maximum Gasteiger partial charge on any atom is 0.308 e. The molecule has 142 valence electrons. The number of nitrogens with zero attached hydrogens (tertiary/aromatic N) is 1. The zero-order chi connectivity index (χ0) is 19.6. The molecule has 1 aromatic rings. The Bertz CT molecular complexity index is 800. The van der Waals surface area contributed by atoms with E-state index in [9.17, 15) is 19.2 Å². The molecule has 2 aliphatic rings. The second-order valence-corrected chi connectivity index (χ2v) is 7.14. The predicted octanol–water partition coefficient (Wildman–Crippen LogP) is 2.37. The minimum absolute atomic E-state index is 0.00124. The van der Waals surface area contributed by atoms with Crippen molar-refractivity contribution in [1.82, 2.24) is 4.90 Å². The molecule has 1 aliphatic carbocycles. The molecule has 6 heteroatoms. The fourth-order valence-corrected chi connectivity index (χ4v) is 3.71. The van der Waals surface area contributed by atoms with E-state index in [1.54, 1.807) is 6.07 Å². The lowest BCUT2D eigenvalue weighted by Crippen LogP contribution is -2.33. The van der Waals surface area contributed by atoms with E-state index in [1.165, 1.54) is 0 Å². The van der Waals surface area contributed by atoms with Gasteiger partial charge >= 0.3 is 5.97 Å². The van der Waals surface area contributed by atoms with Crippen LogP contribution in [-0.2, 0) is 19.1 Å². The molecular formula is C21H23NO5. The van der Waals surface area contributed by atoms with Gasteiger partial charge in [-0.3, -0.25) is 24.1 Å². The van der Waals surface area contributed by atoms with Gasteiger partial charge in [-0.25, -0.2) is 0 Å². The van der Waals surface area contributed by atoms with Gasteiger partial charge in [-0.15, -0.1) is 0 Å². The molecule has 1 saturated heterocycles. The number of hydrogen-bond acceptors (Lipinski definition) is 5. The highest BCUT2D eigenvalue weighted by Crippen LogP contribution is 2.35. The van der Waals surface area contributed by atoms with Crippen molar-refractivity contribution in [1.29, 1.82) is 0 Å². The van der Waals surface area contributed by atoms with E-state index in [0.29, 0.717) is 18.4 Å². The van der Waals surface area contributed by atoms with Gasteiger partial charge < -0.3 is 4.74 Å². The van der Waals surface area contributed by atoms with Gasteiger partial charge in [-0.1, -0.05) is 35.9 Å². The number of aryl methyl sites for hydroxylation is 2. The van der Waals surface area contributed by atoms with Crippen molar-refractivity contribution in [3.63, 3.8) is 0 Å². The van der Waals surface area contributed by atoms with Crippen molar-refractivity contribution in [3.05, 3.63) is 47.0 Å². The quantitative estimate of drug-likeness (QED) is 0.333. The van der Waals surface area contributed by atoms with E-state index in [-0.39, 0.29) is 49.0 Å². The Labute approximate surface area is 158 Å². The van der Waals surface area contributed by atoms with Crippen LogP contribution in [0.15, 0.2) is 30.4 Å². The Hall–Kier alpha value is -2.76. The van der Waals surface area contributed by atoms with E-state index in [4.69, 9.17) is 4.74 Å². The number of ketones is 1. The van der Waals surface area contributed by atoms with Gasteiger partial charge in [-0.2, -0.15) is 0 Å². The highest BCUT2D eigenvalue weighted by molar-refractivity contribution is 6.05. The fraction of sp³-hybridized carbons (Fsp3) is 0.429. The molecule has 0 aromatic heterocycles. The number of imide groups is 1. The van der Waals surface area contributed by atoms with Crippen molar-refractivity contribution < 1.29 is 23.9 Å². The lowest BCUT2D eigenvalue weighted by molar-refractivity contribution is -0.145. The van der Waals surface area contributed by atoms with Crippen LogP contribution in [0.3, 0.4) is 0 Å². The third kappa shape index (κ3) is 3.99. The summed E-state index contributed by atoms with van der Waals surface area (Å²) in [7, 11) is 0. The van der Waals surface area contributed by atoms with E-state index in [2.05, 4.69) is 0 Å². The molecule has 0 spiro atoms. The average Bonchev–Trinajstić information content (AvgIpc) is 2.89. The van der Waals surface area contributed by atoms with Crippen LogP contribution in [0, 0.1) is 25.7 Å². The first kappa shape index (κ1) is 19.0. The second-order valence-electron chi connectivity index (χ2n) is 7.14. The average molecular weight is 369 g/mol.